The first-order valence-corrected chi connectivity index (χ1v) is 6.51. The highest BCUT2D eigenvalue weighted by Crippen LogP contribution is 2.41. The van der Waals surface area contributed by atoms with Crippen LogP contribution in [0.2, 0.25) is 0 Å². The number of allylic oxidation sites excluding steroid dienone is 2. The highest BCUT2D eigenvalue weighted by atomic mass is 79.9. The highest BCUT2D eigenvalue weighted by Gasteiger charge is 2.35. The molecule has 1 aliphatic carbocycles. The van der Waals surface area contributed by atoms with E-state index < -0.39 is 0 Å². The largest absolute Gasteiger partial charge is 0.496 e. The highest BCUT2D eigenvalue weighted by molar-refractivity contribution is 9.14. The Labute approximate surface area is 120 Å². The van der Waals surface area contributed by atoms with Crippen molar-refractivity contribution in [1.82, 2.24) is 0 Å². The number of methoxy groups -OCH3 is 2. The maximum atomic E-state index is 12.2. The molecule has 0 fully saturated rings. The smallest absolute Gasteiger partial charge is 0.205 e. The fraction of sp³-hybridized carbons (Fsp3) is 0.167. The topological polar surface area (TPSA) is 52.6 Å². The number of hydrogen-bond donors (Lipinski definition) is 0. The van der Waals surface area contributed by atoms with Gasteiger partial charge in [0.15, 0.2) is 0 Å². The normalized spacial score (nSPS) is 14.7. The molecule has 1 aromatic rings. The number of fused-ring (bicyclic) bond motifs is 1. The molecular formula is C12H8Br2O4. The van der Waals surface area contributed by atoms with E-state index in [0.29, 0.717) is 11.5 Å². The van der Waals surface area contributed by atoms with Crippen LogP contribution in [0.15, 0.2) is 21.1 Å². The molecule has 0 aromatic heterocycles. The maximum Gasteiger partial charge on any atom is 0.205 e. The zero-order valence-corrected chi connectivity index (χ0v) is 12.7. The fourth-order valence-electron chi connectivity index (χ4n) is 1.77. The molecule has 0 aliphatic heterocycles. The lowest BCUT2D eigenvalue weighted by Gasteiger charge is -2.19. The Morgan fingerprint density at radius 3 is 1.44 bits per heavy atom. The summed E-state index contributed by atoms with van der Waals surface area (Å²) in [5.41, 5.74) is 0.439. The van der Waals surface area contributed by atoms with Gasteiger partial charge in [0.25, 0.3) is 0 Å². The first-order chi connectivity index (χ1) is 8.52. The van der Waals surface area contributed by atoms with Crippen LogP contribution in [-0.2, 0) is 0 Å². The third-order valence-corrected chi connectivity index (χ3v) is 4.66. The SMILES string of the molecule is COc1ccc(OC)c2c1C(=O)C(Br)=C(Br)C2=O. The monoisotopic (exact) mass is 374 g/mol. The lowest BCUT2D eigenvalue weighted by molar-refractivity contribution is 0.0984. The van der Waals surface area contributed by atoms with Crippen molar-refractivity contribution in [1.29, 1.82) is 0 Å². The number of benzene rings is 1. The molecule has 1 aromatic carbocycles. The van der Waals surface area contributed by atoms with Crippen LogP contribution >= 0.6 is 31.9 Å². The minimum atomic E-state index is -0.313. The molecule has 1 aliphatic rings. The Kier molecular flexibility index (Phi) is 3.59. The van der Waals surface area contributed by atoms with E-state index in [9.17, 15) is 9.59 Å². The van der Waals surface area contributed by atoms with Gasteiger partial charge in [-0.2, -0.15) is 0 Å². The summed E-state index contributed by atoms with van der Waals surface area (Å²) in [4.78, 5) is 24.4. The lowest BCUT2D eigenvalue weighted by atomic mass is 9.93. The zero-order valence-electron chi connectivity index (χ0n) is 9.54. The number of hydrogen-bond acceptors (Lipinski definition) is 4. The lowest BCUT2D eigenvalue weighted by Crippen LogP contribution is -2.19. The van der Waals surface area contributed by atoms with E-state index in [1.807, 2.05) is 0 Å². The van der Waals surface area contributed by atoms with Crippen LogP contribution in [0.4, 0.5) is 0 Å². The van der Waals surface area contributed by atoms with E-state index in [0.717, 1.165) is 0 Å². The second-order valence-corrected chi connectivity index (χ2v) is 5.09. The van der Waals surface area contributed by atoms with Crippen LogP contribution in [0.1, 0.15) is 20.7 Å². The van der Waals surface area contributed by atoms with Gasteiger partial charge in [-0.05, 0) is 44.0 Å². The van der Waals surface area contributed by atoms with Gasteiger partial charge in [-0.3, -0.25) is 9.59 Å². The van der Waals surface area contributed by atoms with Crippen LogP contribution < -0.4 is 9.47 Å². The van der Waals surface area contributed by atoms with Crippen LogP contribution in [-0.4, -0.2) is 25.8 Å². The first-order valence-electron chi connectivity index (χ1n) is 4.92. The number of rotatable bonds is 2. The molecule has 0 saturated heterocycles. The van der Waals surface area contributed by atoms with Gasteiger partial charge in [-0.1, -0.05) is 0 Å². The number of carbonyl (C=O) groups excluding carboxylic acids is 2. The molecule has 0 radical (unpaired) electrons. The van der Waals surface area contributed by atoms with Gasteiger partial charge in [0.05, 0.1) is 34.3 Å². The molecule has 0 spiro atoms. The van der Waals surface area contributed by atoms with Crippen molar-refractivity contribution < 1.29 is 19.1 Å². The van der Waals surface area contributed by atoms with Gasteiger partial charge in [0.2, 0.25) is 11.6 Å². The second-order valence-electron chi connectivity index (χ2n) is 3.51. The fourth-order valence-corrected chi connectivity index (χ4v) is 2.53. The molecule has 0 bridgehead atoms. The molecule has 0 saturated carbocycles. The van der Waals surface area contributed by atoms with Crippen LogP contribution in [0.25, 0.3) is 0 Å². The summed E-state index contributed by atoms with van der Waals surface area (Å²) >= 11 is 6.21. The van der Waals surface area contributed by atoms with E-state index >= 15 is 0 Å². The minimum absolute atomic E-state index is 0.187. The van der Waals surface area contributed by atoms with Crippen molar-refractivity contribution in [3.8, 4) is 11.5 Å². The van der Waals surface area contributed by atoms with Crippen molar-refractivity contribution >= 4 is 43.4 Å². The number of ketones is 2. The summed E-state index contributed by atoms with van der Waals surface area (Å²) in [6.07, 6.45) is 0. The van der Waals surface area contributed by atoms with Crippen LogP contribution in [0.3, 0.4) is 0 Å². The first kappa shape index (κ1) is 13.3. The average Bonchev–Trinajstić information content (AvgIpc) is 2.40. The molecule has 6 heteroatoms. The Hall–Kier alpha value is -1.14. The molecule has 0 amide bonds. The average molecular weight is 376 g/mol. The van der Waals surface area contributed by atoms with E-state index in [4.69, 9.17) is 9.47 Å². The number of ether oxygens (including phenoxy) is 2. The van der Waals surface area contributed by atoms with E-state index in [1.165, 1.54) is 14.2 Å². The van der Waals surface area contributed by atoms with Crippen LogP contribution in [0.5, 0.6) is 11.5 Å². The quantitative estimate of drug-likeness (QED) is 0.797. The van der Waals surface area contributed by atoms with Gasteiger partial charge >= 0.3 is 0 Å². The Morgan fingerprint density at radius 1 is 0.833 bits per heavy atom. The van der Waals surface area contributed by atoms with Crippen molar-refractivity contribution in [3.63, 3.8) is 0 Å². The molecule has 0 N–H and O–H groups in total. The molecule has 18 heavy (non-hydrogen) atoms. The summed E-state index contributed by atoms with van der Waals surface area (Å²) in [7, 11) is 2.89. The van der Waals surface area contributed by atoms with Crippen molar-refractivity contribution in [2.75, 3.05) is 14.2 Å². The number of halogens is 2. The van der Waals surface area contributed by atoms with Crippen LogP contribution in [0, 0.1) is 0 Å². The molecule has 0 atom stereocenters. The van der Waals surface area contributed by atoms with Gasteiger partial charge < -0.3 is 9.47 Å². The summed E-state index contributed by atoms with van der Waals surface area (Å²) in [5, 5.41) is 0. The van der Waals surface area contributed by atoms with Crippen molar-refractivity contribution in [2.45, 2.75) is 0 Å². The summed E-state index contributed by atoms with van der Waals surface area (Å²) in [6.45, 7) is 0. The van der Waals surface area contributed by atoms with Gasteiger partial charge in [0, 0.05) is 0 Å². The predicted molar refractivity (Wildman–Crippen MR) is 73.1 cm³/mol. The standard InChI is InChI=1S/C12H8Br2O4/c1-17-5-3-4-6(18-2)8-7(5)11(15)9(13)10(14)12(8)16/h3-4H,1-2H3. The van der Waals surface area contributed by atoms with Gasteiger partial charge in [0.1, 0.15) is 11.5 Å². The van der Waals surface area contributed by atoms with Gasteiger partial charge in [-0.25, -0.2) is 0 Å². The summed E-state index contributed by atoms with van der Waals surface area (Å²) in [5.74, 6) is 0.0710. The second kappa shape index (κ2) is 4.85. The summed E-state index contributed by atoms with van der Waals surface area (Å²) in [6, 6.07) is 3.20. The molecule has 94 valence electrons. The van der Waals surface area contributed by atoms with E-state index in [-0.39, 0.29) is 31.7 Å². The van der Waals surface area contributed by atoms with E-state index in [2.05, 4.69) is 31.9 Å². The molecule has 0 unspecified atom stereocenters. The predicted octanol–water partition coefficient (Wildman–Crippen LogP) is 3.08. The Balaban J connectivity index is 2.83. The Bertz CT molecular complexity index is 539. The zero-order chi connectivity index (χ0) is 13.4. The van der Waals surface area contributed by atoms with Crippen molar-refractivity contribution in [2.24, 2.45) is 0 Å². The Morgan fingerprint density at radius 2 is 1.17 bits per heavy atom. The van der Waals surface area contributed by atoms with Crippen molar-refractivity contribution in [3.05, 3.63) is 32.2 Å². The van der Waals surface area contributed by atoms with Gasteiger partial charge in [-0.15, -0.1) is 0 Å². The van der Waals surface area contributed by atoms with E-state index in [1.54, 1.807) is 12.1 Å². The number of carbonyl (C=O) groups is 2. The maximum absolute atomic E-state index is 12.2. The minimum Gasteiger partial charge on any atom is -0.496 e. The third kappa shape index (κ3) is 1.80. The molecule has 2 rings (SSSR count). The summed E-state index contributed by atoms with van der Waals surface area (Å²) < 4.78 is 10.6. The third-order valence-electron chi connectivity index (χ3n) is 2.61. The molecule has 0 heterocycles. The molecular weight excluding hydrogens is 368 g/mol. The molecule has 4 nitrogen and oxygen atoms in total. The number of Topliss-reactive ketones (excluding diaryl/α,β-unsaturated/α-hetero) is 2.